The highest BCUT2D eigenvalue weighted by Crippen LogP contribution is 2.20. The molecule has 0 saturated carbocycles. The summed E-state index contributed by atoms with van der Waals surface area (Å²) in [7, 11) is 0. The molecule has 0 aliphatic carbocycles. The summed E-state index contributed by atoms with van der Waals surface area (Å²) in [4.78, 5) is 0. The lowest BCUT2D eigenvalue weighted by atomic mass is 10.1. The van der Waals surface area contributed by atoms with Gasteiger partial charge in [-0.05, 0) is 19.4 Å². The molecule has 3 nitrogen and oxygen atoms in total. The molecule has 0 amide bonds. The van der Waals surface area contributed by atoms with Gasteiger partial charge in [-0.25, -0.2) is 4.39 Å². The molecule has 0 unspecified atom stereocenters. The van der Waals surface area contributed by atoms with E-state index in [2.05, 4.69) is 0 Å². The Morgan fingerprint density at radius 1 is 1.29 bits per heavy atom. The predicted molar refractivity (Wildman–Crippen MR) is 65.6 cm³/mol. The summed E-state index contributed by atoms with van der Waals surface area (Å²) >= 11 is 0. The van der Waals surface area contributed by atoms with E-state index in [1.165, 1.54) is 6.07 Å². The first kappa shape index (κ1) is 13.9. The van der Waals surface area contributed by atoms with Gasteiger partial charge in [0.25, 0.3) is 0 Å². The first-order valence-corrected chi connectivity index (χ1v) is 5.90. The number of hydrogen-bond acceptors (Lipinski definition) is 3. The molecule has 96 valence electrons. The third kappa shape index (κ3) is 4.71. The molecule has 0 aromatic heterocycles. The van der Waals surface area contributed by atoms with Crippen molar-refractivity contribution in [3.63, 3.8) is 0 Å². The van der Waals surface area contributed by atoms with Crippen molar-refractivity contribution in [2.45, 2.75) is 26.3 Å². The molecule has 0 fully saturated rings. The maximum atomic E-state index is 13.5. The average Bonchev–Trinajstić information content (AvgIpc) is 2.28. The SMILES string of the molecule is CCCOCCOc1ccc([C@@H](C)N)c(F)c1. The Bertz CT molecular complexity index is 342. The first-order valence-electron chi connectivity index (χ1n) is 5.90. The van der Waals surface area contributed by atoms with Crippen LogP contribution < -0.4 is 10.5 Å². The number of rotatable bonds is 7. The highest BCUT2D eigenvalue weighted by Gasteiger charge is 2.07. The van der Waals surface area contributed by atoms with Crippen LogP contribution in [0.3, 0.4) is 0 Å². The van der Waals surface area contributed by atoms with Crippen molar-refractivity contribution in [3.05, 3.63) is 29.6 Å². The van der Waals surface area contributed by atoms with Crippen molar-refractivity contribution in [2.75, 3.05) is 19.8 Å². The van der Waals surface area contributed by atoms with Gasteiger partial charge < -0.3 is 15.2 Å². The van der Waals surface area contributed by atoms with Crippen molar-refractivity contribution in [3.8, 4) is 5.75 Å². The minimum absolute atomic E-state index is 0.308. The van der Waals surface area contributed by atoms with Crippen LogP contribution >= 0.6 is 0 Å². The van der Waals surface area contributed by atoms with Crippen molar-refractivity contribution in [1.29, 1.82) is 0 Å². The van der Waals surface area contributed by atoms with E-state index in [9.17, 15) is 4.39 Å². The fraction of sp³-hybridized carbons (Fsp3) is 0.538. The molecular formula is C13H20FNO2. The van der Waals surface area contributed by atoms with Gasteiger partial charge in [0.05, 0.1) is 6.61 Å². The van der Waals surface area contributed by atoms with E-state index in [-0.39, 0.29) is 11.9 Å². The van der Waals surface area contributed by atoms with Crippen LogP contribution in [0.15, 0.2) is 18.2 Å². The van der Waals surface area contributed by atoms with Gasteiger partial charge in [-0.3, -0.25) is 0 Å². The molecular weight excluding hydrogens is 221 g/mol. The fourth-order valence-electron chi connectivity index (χ4n) is 1.43. The Morgan fingerprint density at radius 2 is 2.06 bits per heavy atom. The minimum atomic E-state index is -0.327. The molecule has 1 rings (SSSR count). The number of halogens is 1. The Kier molecular flexibility index (Phi) is 5.94. The van der Waals surface area contributed by atoms with E-state index in [1.807, 2.05) is 6.92 Å². The molecule has 0 heterocycles. The average molecular weight is 241 g/mol. The third-order valence-electron chi connectivity index (χ3n) is 2.31. The molecule has 1 aromatic carbocycles. The molecule has 4 heteroatoms. The second kappa shape index (κ2) is 7.25. The van der Waals surface area contributed by atoms with E-state index in [4.69, 9.17) is 15.2 Å². The molecule has 17 heavy (non-hydrogen) atoms. The Morgan fingerprint density at radius 3 is 2.65 bits per heavy atom. The first-order chi connectivity index (χ1) is 8.15. The maximum Gasteiger partial charge on any atom is 0.131 e. The van der Waals surface area contributed by atoms with Gasteiger partial charge >= 0.3 is 0 Å². The number of ether oxygens (including phenoxy) is 2. The van der Waals surface area contributed by atoms with Gasteiger partial charge in [-0.2, -0.15) is 0 Å². The molecule has 1 aromatic rings. The summed E-state index contributed by atoms with van der Waals surface area (Å²) in [6.07, 6.45) is 0.984. The second-order valence-electron chi connectivity index (χ2n) is 3.93. The normalized spacial score (nSPS) is 12.5. The monoisotopic (exact) mass is 241 g/mol. The van der Waals surface area contributed by atoms with E-state index in [1.54, 1.807) is 19.1 Å². The molecule has 0 aliphatic rings. The van der Waals surface area contributed by atoms with Crippen molar-refractivity contribution >= 4 is 0 Å². The second-order valence-corrected chi connectivity index (χ2v) is 3.93. The summed E-state index contributed by atoms with van der Waals surface area (Å²) in [6.45, 7) is 5.46. The van der Waals surface area contributed by atoms with E-state index < -0.39 is 0 Å². The van der Waals surface area contributed by atoms with Crippen LogP contribution in [0.1, 0.15) is 31.9 Å². The summed E-state index contributed by atoms with van der Waals surface area (Å²) in [5.74, 6) is 0.180. The molecule has 2 N–H and O–H groups in total. The van der Waals surface area contributed by atoms with Gasteiger partial charge in [-0.1, -0.05) is 13.0 Å². The quantitative estimate of drug-likeness (QED) is 0.746. The maximum absolute atomic E-state index is 13.5. The minimum Gasteiger partial charge on any atom is -0.491 e. The van der Waals surface area contributed by atoms with Crippen LogP contribution in [0, 0.1) is 5.82 Å². The topological polar surface area (TPSA) is 44.5 Å². The zero-order valence-corrected chi connectivity index (χ0v) is 10.4. The van der Waals surface area contributed by atoms with E-state index >= 15 is 0 Å². The Balaban J connectivity index is 2.42. The molecule has 1 atom stereocenters. The smallest absolute Gasteiger partial charge is 0.131 e. The lowest BCUT2D eigenvalue weighted by molar-refractivity contribution is 0.100. The van der Waals surface area contributed by atoms with Gasteiger partial charge in [-0.15, -0.1) is 0 Å². The van der Waals surface area contributed by atoms with Crippen LogP contribution in [0.5, 0.6) is 5.75 Å². The Hall–Kier alpha value is -1.13. The number of nitrogens with two attached hydrogens (primary N) is 1. The lowest BCUT2D eigenvalue weighted by Crippen LogP contribution is -2.09. The highest BCUT2D eigenvalue weighted by molar-refractivity contribution is 5.30. The van der Waals surface area contributed by atoms with Gasteiger partial charge in [0.1, 0.15) is 18.2 Å². The van der Waals surface area contributed by atoms with Crippen molar-refractivity contribution < 1.29 is 13.9 Å². The molecule has 0 radical (unpaired) electrons. The largest absolute Gasteiger partial charge is 0.491 e. The molecule has 0 aliphatic heterocycles. The van der Waals surface area contributed by atoms with Gasteiger partial charge in [0.2, 0.25) is 0 Å². The number of hydrogen-bond donors (Lipinski definition) is 1. The summed E-state index contributed by atoms with van der Waals surface area (Å²) < 4.78 is 24.2. The van der Waals surface area contributed by atoms with E-state index in [0.717, 1.165) is 13.0 Å². The third-order valence-corrected chi connectivity index (χ3v) is 2.31. The van der Waals surface area contributed by atoms with Crippen LogP contribution in [0.25, 0.3) is 0 Å². The zero-order chi connectivity index (χ0) is 12.7. The number of benzene rings is 1. The summed E-state index contributed by atoms with van der Waals surface area (Å²) in [5.41, 5.74) is 6.12. The van der Waals surface area contributed by atoms with Crippen molar-refractivity contribution in [2.24, 2.45) is 5.73 Å². The molecule has 0 saturated heterocycles. The van der Waals surface area contributed by atoms with Crippen LogP contribution in [0.4, 0.5) is 4.39 Å². The highest BCUT2D eigenvalue weighted by atomic mass is 19.1. The Labute approximate surface area is 102 Å². The van der Waals surface area contributed by atoms with Gasteiger partial charge in [0, 0.05) is 24.3 Å². The standard InChI is InChI=1S/C13H20FNO2/c1-3-6-16-7-8-17-11-4-5-12(10(2)15)13(14)9-11/h4-5,9-10H,3,6-8,15H2,1-2H3/t10-/m1/s1. The van der Waals surface area contributed by atoms with Crippen LogP contribution in [0.2, 0.25) is 0 Å². The molecule has 0 bridgehead atoms. The fourth-order valence-corrected chi connectivity index (χ4v) is 1.43. The van der Waals surface area contributed by atoms with Crippen LogP contribution in [-0.2, 0) is 4.74 Å². The van der Waals surface area contributed by atoms with Gasteiger partial charge in [0.15, 0.2) is 0 Å². The predicted octanol–water partition coefficient (Wildman–Crippen LogP) is 2.65. The van der Waals surface area contributed by atoms with Crippen LogP contribution in [-0.4, -0.2) is 19.8 Å². The van der Waals surface area contributed by atoms with E-state index in [0.29, 0.717) is 24.5 Å². The molecule has 0 spiro atoms. The zero-order valence-electron chi connectivity index (χ0n) is 10.4. The summed E-state index contributed by atoms with van der Waals surface area (Å²) in [6, 6.07) is 4.43. The van der Waals surface area contributed by atoms with Crippen molar-refractivity contribution in [1.82, 2.24) is 0 Å². The summed E-state index contributed by atoms with van der Waals surface area (Å²) in [5, 5.41) is 0. The lowest BCUT2D eigenvalue weighted by Gasteiger charge is -2.10.